The van der Waals surface area contributed by atoms with Gasteiger partial charge in [0.2, 0.25) is 0 Å². The third-order valence-electron chi connectivity index (χ3n) is 9.64. The topological polar surface area (TPSA) is 113 Å². The number of alkyl halides is 6. The van der Waals surface area contributed by atoms with Gasteiger partial charge in [0.25, 0.3) is 0 Å². The van der Waals surface area contributed by atoms with E-state index >= 15 is 0 Å². The fourth-order valence-corrected chi connectivity index (χ4v) is 6.60. The number of nitrogens with zero attached hydrogens (tertiary/aromatic N) is 4. The molecule has 6 rings (SSSR count). The van der Waals surface area contributed by atoms with E-state index in [-0.39, 0.29) is 24.4 Å². The normalized spacial score (nSPS) is 11.8. The Labute approximate surface area is 332 Å². The SMILES string of the molecule is CCCC(=O)c1ccc(-c2cnc3c(NCCC(F)(F)F)cc(CC)cn23)cc1C.CCc1cc(NCCC(F)(F)F)c2ncc(-c3ccc(C(=O)O)c(C)c3)n2c1. The molecule has 4 aromatic heterocycles. The van der Waals surface area contributed by atoms with Crippen molar-refractivity contribution >= 4 is 34.4 Å². The van der Waals surface area contributed by atoms with Crippen LogP contribution in [0.1, 0.15) is 89.4 Å². The minimum Gasteiger partial charge on any atom is -0.478 e. The number of halogens is 6. The quantitative estimate of drug-likeness (QED) is 0.0742. The number of aromatic carboxylic acids is 1. The number of anilines is 2. The molecule has 9 nitrogen and oxygen atoms in total. The first-order valence-electron chi connectivity index (χ1n) is 19.0. The molecule has 15 heteroatoms. The second-order valence-electron chi connectivity index (χ2n) is 14.0. The van der Waals surface area contributed by atoms with Crippen molar-refractivity contribution in [3.05, 3.63) is 107 Å². The molecule has 0 spiro atoms. The number of rotatable bonds is 14. The van der Waals surface area contributed by atoms with E-state index in [4.69, 9.17) is 0 Å². The lowest BCUT2D eigenvalue weighted by Crippen LogP contribution is -2.15. The number of ketones is 1. The van der Waals surface area contributed by atoms with Gasteiger partial charge >= 0.3 is 18.3 Å². The van der Waals surface area contributed by atoms with Crippen molar-refractivity contribution in [3.63, 3.8) is 0 Å². The number of imidazole rings is 2. The molecule has 0 atom stereocenters. The number of carboxylic acids is 1. The lowest BCUT2D eigenvalue weighted by atomic mass is 9.98. The fourth-order valence-electron chi connectivity index (χ4n) is 6.60. The van der Waals surface area contributed by atoms with Crippen LogP contribution in [0.25, 0.3) is 33.8 Å². The number of fused-ring (bicyclic) bond motifs is 2. The third kappa shape index (κ3) is 10.5. The van der Waals surface area contributed by atoms with Gasteiger partial charge in [-0.05, 0) is 85.7 Å². The summed E-state index contributed by atoms with van der Waals surface area (Å²) in [6.07, 6.45) is -0.301. The Morgan fingerprint density at radius 2 is 1.10 bits per heavy atom. The van der Waals surface area contributed by atoms with Gasteiger partial charge in [-0.15, -0.1) is 0 Å². The summed E-state index contributed by atoms with van der Waals surface area (Å²) in [7, 11) is 0. The van der Waals surface area contributed by atoms with E-state index in [1.165, 1.54) is 0 Å². The Kier molecular flexibility index (Phi) is 13.5. The monoisotopic (exact) mass is 808 g/mol. The highest BCUT2D eigenvalue weighted by molar-refractivity contribution is 5.98. The minimum absolute atomic E-state index is 0.129. The molecule has 4 heterocycles. The van der Waals surface area contributed by atoms with Crippen molar-refractivity contribution < 1.29 is 41.0 Å². The van der Waals surface area contributed by atoms with Crippen LogP contribution < -0.4 is 10.6 Å². The molecule has 0 aliphatic rings. The van der Waals surface area contributed by atoms with Crippen molar-refractivity contribution in [2.45, 2.75) is 85.5 Å². The molecule has 0 fully saturated rings. The van der Waals surface area contributed by atoms with E-state index in [0.717, 1.165) is 57.6 Å². The molecule has 6 aromatic rings. The number of carboxylic acid groups (broad SMARTS) is 1. The van der Waals surface area contributed by atoms with Crippen LogP contribution in [0.15, 0.2) is 73.3 Å². The minimum atomic E-state index is -4.23. The van der Waals surface area contributed by atoms with E-state index in [1.807, 2.05) is 73.2 Å². The predicted molar refractivity (Wildman–Crippen MR) is 214 cm³/mol. The summed E-state index contributed by atoms with van der Waals surface area (Å²) < 4.78 is 78.7. The number of benzene rings is 2. The molecule has 0 saturated carbocycles. The van der Waals surface area contributed by atoms with Crippen LogP contribution >= 0.6 is 0 Å². The maximum absolute atomic E-state index is 12.5. The van der Waals surface area contributed by atoms with Gasteiger partial charge in [-0.25, -0.2) is 14.8 Å². The maximum atomic E-state index is 12.5. The Balaban J connectivity index is 0.000000221. The molecule has 0 radical (unpaired) electrons. The molecule has 0 amide bonds. The van der Waals surface area contributed by atoms with Gasteiger partial charge in [0.05, 0.1) is 53.6 Å². The molecular formula is C43H46F6N6O3. The molecule has 0 bridgehead atoms. The Hall–Kier alpha value is -5.86. The average Bonchev–Trinajstić information content (AvgIpc) is 3.79. The van der Waals surface area contributed by atoms with Gasteiger partial charge in [-0.3, -0.25) is 13.6 Å². The fraction of sp³-hybridized carbons (Fsp3) is 0.349. The maximum Gasteiger partial charge on any atom is 0.390 e. The van der Waals surface area contributed by atoms with Gasteiger partial charge in [0.15, 0.2) is 17.1 Å². The number of aromatic nitrogens is 4. The summed E-state index contributed by atoms with van der Waals surface area (Å²) in [5, 5.41) is 14.9. The zero-order chi connectivity index (χ0) is 42.4. The standard InChI is InChI=1S/C23H26F3N3O.C20H20F3N3O2/c1-4-6-21(30)18-8-7-17(11-15(18)3)20-13-28-22-19(27-10-9-23(24,25)26)12-16(5-2)14-29(20)22;1-3-13-9-16(24-7-6-20(21,22)23)18-25-10-17(26(18)11-13)14-4-5-15(19(27)28)12(2)8-14/h7-8,11-14,27H,4-6,9-10H2,1-3H3;4-5,8-11,24H,3,6-7H2,1-2H3,(H,27,28). The van der Waals surface area contributed by atoms with E-state index in [0.29, 0.717) is 41.1 Å². The van der Waals surface area contributed by atoms with Gasteiger partial charge in [0.1, 0.15) is 0 Å². The molecule has 2 aromatic carbocycles. The van der Waals surface area contributed by atoms with Crippen molar-refractivity contribution in [1.82, 2.24) is 18.8 Å². The summed E-state index contributed by atoms with van der Waals surface area (Å²) >= 11 is 0. The highest BCUT2D eigenvalue weighted by Gasteiger charge is 2.27. The summed E-state index contributed by atoms with van der Waals surface area (Å²) in [5.41, 5.74) is 9.87. The number of hydrogen-bond acceptors (Lipinski definition) is 6. The number of nitrogens with one attached hydrogen (secondary N) is 2. The molecule has 308 valence electrons. The Morgan fingerprint density at radius 1 is 0.672 bits per heavy atom. The smallest absolute Gasteiger partial charge is 0.390 e. The van der Waals surface area contributed by atoms with Crippen LogP contribution in [0.2, 0.25) is 0 Å². The van der Waals surface area contributed by atoms with Crippen molar-refractivity contribution in [2.75, 3.05) is 23.7 Å². The van der Waals surface area contributed by atoms with Crippen LogP contribution in [0.4, 0.5) is 37.7 Å². The second kappa shape index (κ2) is 18.2. The number of carbonyl (C=O) groups excluding carboxylic acids is 1. The molecule has 0 saturated heterocycles. The van der Waals surface area contributed by atoms with Crippen molar-refractivity contribution in [1.29, 1.82) is 0 Å². The van der Waals surface area contributed by atoms with E-state index in [9.17, 15) is 41.0 Å². The summed E-state index contributed by atoms with van der Waals surface area (Å²) in [4.78, 5) is 32.3. The molecule has 0 aliphatic heterocycles. The van der Waals surface area contributed by atoms with Crippen LogP contribution in [0.3, 0.4) is 0 Å². The van der Waals surface area contributed by atoms with E-state index < -0.39 is 31.2 Å². The summed E-state index contributed by atoms with van der Waals surface area (Å²) in [5.74, 6) is -0.865. The Morgan fingerprint density at radius 3 is 1.47 bits per heavy atom. The van der Waals surface area contributed by atoms with Gasteiger partial charge in [-0.1, -0.05) is 39.0 Å². The number of pyridine rings is 2. The van der Waals surface area contributed by atoms with E-state index in [2.05, 4.69) is 20.6 Å². The molecule has 58 heavy (non-hydrogen) atoms. The number of carbonyl (C=O) groups is 2. The Bertz CT molecular complexity index is 2410. The van der Waals surface area contributed by atoms with Crippen LogP contribution in [0.5, 0.6) is 0 Å². The average molecular weight is 809 g/mol. The summed E-state index contributed by atoms with van der Waals surface area (Å²) in [6, 6.07) is 14.4. The van der Waals surface area contributed by atoms with Gasteiger partial charge in [-0.2, -0.15) is 26.3 Å². The van der Waals surface area contributed by atoms with Gasteiger partial charge < -0.3 is 15.7 Å². The highest BCUT2D eigenvalue weighted by atomic mass is 19.4. The molecule has 0 aliphatic carbocycles. The van der Waals surface area contributed by atoms with Crippen LogP contribution in [-0.2, 0) is 12.8 Å². The first kappa shape index (κ1) is 43.3. The van der Waals surface area contributed by atoms with Crippen LogP contribution in [0, 0.1) is 13.8 Å². The molecule has 0 unspecified atom stereocenters. The van der Waals surface area contributed by atoms with Gasteiger partial charge in [0, 0.05) is 48.6 Å². The lowest BCUT2D eigenvalue weighted by molar-refractivity contribution is -0.132. The number of Topliss-reactive ketones (excluding diaryl/α,β-unsaturated/α-hetero) is 1. The second-order valence-corrected chi connectivity index (χ2v) is 14.0. The first-order valence-corrected chi connectivity index (χ1v) is 19.0. The van der Waals surface area contributed by atoms with E-state index in [1.54, 1.807) is 43.6 Å². The number of aryl methyl sites for hydroxylation is 4. The highest BCUT2D eigenvalue weighted by Crippen LogP contribution is 2.31. The third-order valence-corrected chi connectivity index (χ3v) is 9.64. The number of hydrogen-bond donors (Lipinski definition) is 3. The zero-order valence-electron chi connectivity index (χ0n) is 32.9. The summed E-state index contributed by atoms with van der Waals surface area (Å²) in [6.45, 7) is 9.13. The molecular weight excluding hydrogens is 762 g/mol. The van der Waals surface area contributed by atoms with Crippen LogP contribution in [-0.4, -0.2) is 61.1 Å². The largest absolute Gasteiger partial charge is 0.478 e. The lowest BCUT2D eigenvalue weighted by Gasteiger charge is -2.13. The zero-order valence-corrected chi connectivity index (χ0v) is 32.9. The first-order chi connectivity index (χ1) is 27.4. The van der Waals surface area contributed by atoms with Crippen molar-refractivity contribution in [3.8, 4) is 22.5 Å². The molecule has 3 N–H and O–H groups in total. The van der Waals surface area contributed by atoms with Crippen molar-refractivity contribution in [2.24, 2.45) is 0 Å². The predicted octanol–water partition coefficient (Wildman–Crippen LogP) is 11.2.